The summed E-state index contributed by atoms with van der Waals surface area (Å²) in [6, 6.07) is 9.92. The summed E-state index contributed by atoms with van der Waals surface area (Å²) in [5, 5.41) is 4.88. The lowest BCUT2D eigenvalue weighted by molar-refractivity contribution is -0.134. The molecule has 1 aliphatic heterocycles. The molecule has 0 radical (unpaired) electrons. The van der Waals surface area contributed by atoms with Crippen molar-refractivity contribution in [3.8, 4) is 5.75 Å². The number of ether oxygens (including phenoxy) is 1. The molecule has 1 aromatic heterocycles. The van der Waals surface area contributed by atoms with Gasteiger partial charge in [-0.15, -0.1) is 11.3 Å². The summed E-state index contributed by atoms with van der Waals surface area (Å²) in [6.07, 6.45) is 1.33. The molecule has 0 aliphatic carbocycles. The van der Waals surface area contributed by atoms with E-state index in [4.69, 9.17) is 4.74 Å². The number of hydrogen-bond donors (Lipinski definition) is 1. The Morgan fingerprint density at radius 2 is 1.78 bits per heavy atom. The highest BCUT2D eigenvalue weighted by molar-refractivity contribution is 7.12. The number of likely N-dealkylation sites (tertiary alicyclic amines) is 1. The number of nitrogens with zero attached hydrogens (tertiary/aromatic N) is 2. The van der Waals surface area contributed by atoms with Crippen molar-refractivity contribution in [1.82, 2.24) is 15.1 Å². The average molecular weight is 458 g/mol. The standard InChI is InChI=1S/C24H31N3O4S/c1-4-26(5-2)24(30)21(25-22(28)18-8-10-19(31-3)11-9-18)17-12-14-27(15-13-17)23(29)20-7-6-16-32-20/h6-11,16-17,21H,4-5,12-15H2,1-3H3,(H,25,28). The summed E-state index contributed by atoms with van der Waals surface area (Å²) in [7, 11) is 1.57. The number of likely N-dealkylation sites (N-methyl/N-ethyl adjacent to an activating group) is 1. The zero-order valence-electron chi connectivity index (χ0n) is 18.9. The third kappa shape index (κ3) is 5.48. The second-order valence-corrected chi connectivity index (χ2v) is 8.74. The van der Waals surface area contributed by atoms with Crippen LogP contribution in [0.5, 0.6) is 5.75 Å². The lowest BCUT2D eigenvalue weighted by atomic mass is 9.88. The fourth-order valence-corrected chi connectivity index (χ4v) is 4.76. The summed E-state index contributed by atoms with van der Waals surface area (Å²) < 4.78 is 5.16. The SMILES string of the molecule is CCN(CC)C(=O)C(NC(=O)c1ccc(OC)cc1)C1CCN(C(=O)c2cccs2)CC1. The van der Waals surface area contributed by atoms with Crippen molar-refractivity contribution in [3.63, 3.8) is 0 Å². The van der Waals surface area contributed by atoms with Crippen LogP contribution in [0, 0.1) is 5.92 Å². The van der Waals surface area contributed by atoms with E-state index in [-0.39, 0.29) is 23.6 Å². The van der Waals surface area contributed by atoms with Gasteiger partial charge < -0.3 is 19.9 Å². The Hall–Kier alpha value is -2.87. The zero-order chi connectivity index (χ0) is 23.1. The normalized spacial score (nSPS) is 15.2. The molecule has 0 bridgehead atoms. The van der Waals surface area contributed by atoms with Crippen LogP contribution in [0.15, 0.2) is 41.8 Å². The molecule has 3 rings (SSSR count). The number of carbonyl (C=O) groups excluding carboxylic acids is 3. The molecule has 172 valence electrons. The molecule has 1 saturated heterocycles. The van der Waals surface area contributed by atoms with Crippen LogP contribution in [0.2, 0.25) is 0 Å². The summed E-state index contributed by atoms with van der Waals surface area (Å²) in [4.78, 5) is 43.2. The van der Waals surface area contributed by atoms with E-state index in [1.165, 1.54) is 11.3 Å². The van der Waals surface area contributed by atoms with Crippen LogP contribution in [0.4, 0.5) is 0 Å². The van der Waals surface area contributed by atoms with E-state index >= 15 is 0 Å². The van der Waals surface area contributed by atoms with Crippen LogP contribution in [0.3, 0.4) is 0 Å². The van der Waals surface area contributed by atoms with Gasteiger partial charge in [-0.1, -0.05) is 6.07 Å². The second kappa shape index (κ2) is 11.1. The third-order valence-electron chi connectivity index (χ3n) is 6.01. The van der Waals surface area contributed by atoms with Crippen molar-refractivity contribution < 1.29 is 19.1 Å². The maximum Gasteiger partial charge on any atom is 0.263 e. The van der Waals surface area contributed by atoms with E-state index < -0.39 is 6.04 Å². The zero-order valence-corrected chi connectivity index (χ0v) is 19.7. The first-order valence-corrected chi connectivity index (χ1v) is 11.9. The number of amides is 3. The number of carbonyl (C=O) groups is 3. The molecule has 0 saturated carbocycles. The van der Waals surface area contributed by atoms with Crippen molar-refractivity contribution in [2.75, 3.05) is 33.3 Å². The predicted octanol–water partition coefficient (Wildman–Crippen LogP) is 3.28. The van der Waals surface area contributed by atoms with Crippen LogP contribution in [-0.2, 0) is 4.79 Å². The summed E-state index contributed by atoms with van der Waals surface area (Å²) >= 11 is 1.44. The maximum atomic E-state index is 13.3. The van der Waals surface area contributed by atoms with Gasteiger partial charge in [0.15, 0.2) is 0 Å². The molecule has 2 aromatic rings. The fraction of sp³-hybridized carbons (Fsp3) is 0.458. The summed E-state index contributed by atoms with van der Waals surface area (Å²) in [5.74, 6) is 0.320. The molecule has 2 heterocycles. The molecule has 1 unspecified atom stereocenters. The molecule has 7 nitrogen and oxygen atoms in total. The average Bonchev–Trinajstić information content (AvgIpc) is 3.38. The van der Waals surface area contributed by atoms with E-state index in [9.17, 15) is 14.4 Å². The van der Waals surface area contributed by atoms with Crippen molar-refractivity contribution >= 4 is 29.1 Å². The smallest absolute Gasteiger partial charge is 0.263 e. The van der Waals surface area contributed by atoms with Gasteiger partial charge in [-0.3, -0.25) is 14.4 Å². The minimum Gasteiger partial charge on any atom is -0.497 e. The van der Waals surface area contributed by atoms with Gasteiger partial charge in [0.2, 0.25) is 5.91 Å². The Balaban J connectivity index is 1.72. The Labute approximate surface area is 193 Å². The van der Waals surface area contributed by atoms with Gasteiger partial charge in [0.1, 0.15) is 11.8 Å². The van der Waals surface area contributed by atoms with Gasteiger partial charge in [0.25, 0.3) is 11.8 Å². The van der Waals surface area contributed by atoms with Gasteiger partial charge in [0, 0.05) is 31.7 Å². The number of piperidine rings is 1. The second-order valence-electron chi connectivity index (χ2n) is 7.80. The van der Waals surface area contributed by atoms with Crippen molar-refractivity contribution in [2.24, 2.45) is 5.92 Å². The van der Waals surface area contributed by atoms with Crippen molar-refractivity contribution in [1.29, 1.82) is 0 Å². The predicted molar refractivity (Wildman–Crippen MR) is 125 cm³/mol. The quantitative estimate of drug-likeness (QED) is 0.660. The van der Waals surface area contributed by atoms with Gasteiger partial charge in [0.05, 0.1) is 12.0 Å². The van der Waals surface area contributed by atoms with Gasteiger partial charge in [-0.2, -0.15) is 0 Å². The van der Waals surface area contributed by atoms with Crippen LogP contribution < -0.4 is 10.1 Å². The number of nitrogens with one attached hydrogen (secondary N) is 1. The lowest BCUT2D eigenvalue weighted by Gasteiger charge is -2.37. The number of rotatable bonds is 8. The van der Waals surface area contributed by atoms with Crippen molar-refractivity contribution in [2.45, 2.75) is 32.7 Å². The van der Waals surface area contributed by atoms with E-state index in [1.807, 2.05) is 36.3 Å². The highest BCUT2D eigenvalue weighted by Gasteiger charge is 2.35. The molecule has 1 atom stereocenters. The van der Waals surface area contributed by atoms with E-state index in [0.717, 1.165) is 4.88 Å². The van der Waals surface area contributed by atoms with Crippen LogP contribution >= 0.6 is 11.3 Å². The number of thiophene rings is 1. The van der Waals surface area contributed by atoms with Crippen molar-refractivity contribution in [3.05, 3.63) is 52.2 Å². The number of methoxy groups -OCH3 is 1. The summed E-state index contributed by atoms with van der Waals surface area (Å²) in [6.45, 7) is 6.18. The van der Waals surface area contributed by atoms with E-state index in [2.05, 4.69) is 5.32 Å². The molecular weight excluding hydrogens is 426 g/mol. The van der Waals surface area contributed by atoms with Crippen LogP contribution in [-0.4, -0.2) is 66.9 Å². The Morgan fingerprint density at radius 1 is 1.12 bits per heavy atom. The van der Waals surface area contributed by atoms with Gasteiger partial charge in [-0.05, 0) is 68.3 Å². The number of benzene rings is 1. The monoisotopic (exact) mass is 457 g/mol. The number of hydrogen-bond acceptors (Lipinski definition) is 5. The molecule has 1 aromatic carbocycles. The molecule has 0 spiro atoms. The molecule has 3 amide bonds. The molecular formula is C24H31N3O4S. The Morgan fingerprint density at radius 3 is 2.31 bits per heavy atom. The first kappa shape index (κ1) is 23.8. The highest BCUT2D eigenvalue weighted by atomic mass is 32.1. The topological polar surface area (TPSA) is 79.0 Å². The molecule has 1 aliphatic rings. The van der Waals surface area contributed by atoms with E-state index in [0.29, 0.717) is 50.3 Å². The minimum atomic E-state index is -0.622. The molecule has 8 heteroatoms. The molecule has 1 N–H and O–H groups in total. The Kier molecular flexibility index (Phi) is 8.27. The largest absolute Gasteiger partial charge is 0.497 e. The molecule has 1 fully saturated rings. The first-order valence-electron chi connectivity index (χ1n) is 11.0. The van der Waals surface area contributed by atoms with Gasteiger partial charge in [-0.25, -0.2) is 0 Å². The Bertz CT molecular complexity index is 902. The van der Waals surface area contributed by atoms with Crippen LogP contribution in [0.1, 0.15) is 46.7 Å². The third-order valence-corrected chi connectivity index (χ3v) is 6.87. The maximum absolute atomic E-state index is 13.3. The summed E-state index contributed by atoms with van der Waals surface area (Å²) in [5.41, 5.74) is 0.480. The molecule has 32 heavy (non-hydrogen) atoms. The van der Waals surface area contributed by atoms with Gasteiger partial charge >= 0.3 is 0 Å². The fourth-order valence-electron chi connectivity index (χ4n) is 4.07. The first-order chi connectivity index (χ1) is 15.5. The van der Waals surface area contributed by atoms with E-state index in [1.54, 1.807) is 36.3 Å². The lowest BCUT2D eigenvalue weighted by Crippen LogP contribution is -2.54. The van der Waals surface area contributed by atoms with Crippen LogP contribution in [0.25, 0.3) is 0 Å². The minimum absolute atomic E-state index is 0.0299. The highest BCUT2D eigenvalue weighted by Crippen LogP contribution is 2.25.